The van der Waals surface area contributed by atoms with Crippen molar-refractivity contribution in [3.63, 3.8) is 0 Å². The highest BCUT2D eigenvalue weighted by Gasteiger charge is 2.15. The Bertz CT molecular complexity index is 385. The van der Waals surface area contributed by atoms with Gasteiger partial charge in [0.15, 0.2) is 0 Å². The fourth-order valence-corrected chi connectivity index (χ4v) is 1.26. The van der Waals surface area contributed by atoms with Crippen LogP contribution in [-0.4, -0.2) is 14.5 Å². The third-order valence-electron chi connectivity index (χ3n) is 1.57. The number of hydrogen-bond acceptors (Lipinski definition) is 3. The van der Waals surface area contributed by atoms with Crippen molar-refractivity contribution in [3.05, 3.63) is 35.4 Å². The van der Waals surface area contributed by atoms with E-state index in [1.807, 2.05) is 12.1 Å². The van der Waals surface area contributed by atoms with Gasteiger partial charge in [0, 0.05) is 0 Å². The van der Waals surface area contributed by atoms with Gasteiger partial charge in [0.25, 0.3) is 8.32 Å². The van der Waals surface area contributed by atoms with Crippen molar-refractivity contribution in [2.75, 3.05) is 0 Å². The molecule has 0 saturated carbocycles. The van der Waals surface area contributed by atoms with Crippen molar-refractivity contribution < 1.29 is 4.53 Å². The van der Waals surface area contributed by atoms with E-state index in [1.165, 1.54) is 0 Å². The Kier molecular flexibility index (Phi) is 3.64. The number of nitrogens with zero attached hydrogens (tertiary/aromatic N) is 2. The molecule has 0 N–H and O–H groups in total. The fraction of sp³-hybridized carbons (Fsp3) is 0.273. The average Bonchev–Trinajstić information content (AvgIpc) is 2.17. The van der Waals surface area contributed by atoms with Crippen LogP contribution in [0.3, 0.4) is 0 Å². The maximum atomic E-state index is 8.61. The van der Waals surface area contributed by atoms with Crippen LogP contribution in [0.25, 0.3) is 0 Å². The molecule has 1 aromatic carbocycles. The van der Waals surface area contributed by atoms with E-state index in [9.17, 15) is 0 Å². The highest BCUT2D eigenvalue weighted by atomic mass is 28.4. The van der Waals surface area contributed by atoms with Crippen molar-refractivity contribution in [2.24, 2.45) is 5.16 Å². The monoisotopic (exact) mass is 218 g/mol. The number of oxime groups is 1. The molecule has 4 heteroatoms. The molecule has 0 radical (unpaired) electrons. The molecule has 0 fully saturated rings. The first-order valence-electron chi connectivity index (χ1n) is 4.73. The molecule has 15 heavy (non-hydrogen) atoms. The summed E-state index contributed by atoms with van der Waals surface area (Å²) in [4.78, 5) is 0. The van der Waals surface area contributed by atoms with Gasteiger partial charge >= 0.3 is 0 Å². The average molecular weight is 218 g/mol. The van der Waals surface area contributed by atoms with Crippen LogP contribution < -0.4 is 0 Å². The maximum absolute atomic E-state index is 8.61. The summed E-state index contributed by atoms with van der Waals surface area (Å²) in [6.07, 6.45) is 1.67. The third kappa shape index (κ3) is 4.43. The first-order chi connectivity index (χ1) is 7.01. The van der Waals surface area contributed by atoms with Gasteiger partial charge in [-0.2, -0.15) is 5.26 Å². The molecule has 0 heterocycles. The van der Waals surface area contributed by atoms with Crippen molar-refractivity contribution in [1.29, 1.82) is 5.26 Å². The van der Waals surface area contributed by atoms with Crippen LogP contribution in [0.4, 0.5) is 0 Å². The van der Waals surface area contributed by atoms with E-state index in [1.54, 1.807) is 18.3 Å². The Balaban J connectivity index is 2.62. The van der Waals surface area contributed by atoms with Crippen LogP contribution in [-0.2, 0) is 4.53 Å². The molecule has 78 valence electrons. The molecule has 0 aromatic heterocycles. The predicted octanol–water partition coefficient (Wildman–Crippen LogP) is 2.74. The largest absolute Gasteiger partial charge is 0.456 e. The van der Waals surface area contributed by atoms with Crippen LogP contribution in [0, 0.1) is 11.3 Å². The number of rotatable bonds is 3. The minimum absolute atomic E-state index is 0.651. The molecule has 0 saturated heterocycles. The van der Waals surface area contributed by atoms with Crippen molar-refractivity contribution >= 4 is 14.5 Å². The van der Waals surface area contributed by atoms with Crippen LogP contribution >= 0.6 is 0 Å². The third-order valence-corrected chi connectivity index (χ3v) is 2.22. The lowest BCUT2D eigenvalue weighted by molar-refractivity contribution is 0.338. The highest BCUT2D eigenvalue weighted by Crippen LogP contribution is 2.04. The van der Waals surface area contributed by atoms with E-state index in [4.69, 9.17) is 9.79 Å². The Morgan fingerprint density at radius 2 is 1.87 bits per heavy atom. The molecule has 3 nitrogen and oxygen atoms in total. The zero-order valence-corrected chi connectivity index (χ0v) is 10.2. The van der Waals surface area contributed by atoms with Gasteiger partial charge in [-0.05, 0) is 37.3 Å². The molecule has 1 aromatic rings. The lowest BCUT2D eigenvalue weighted by Gasteiger charge is -2.11. The fourth-order valence-electron chi connectivity index (χ4n) is 0.889. The minimum atomic E-state index is -1.58. The smallest absolute Gasteiger partial charge is 0.278 e. The molecule has 1 rings (SSSR count). The van der Waals surface area contributed by atoms with Gasteiger partial charge in [0.1, 0.15) is 0 Å². The zero-order valence-electron chi connectivity index (χ0n) is 9.19. The van der Waals surface area contributed by atoms with Crippen LogP contribution in [0.15, 0.2) is 29.4 Å². The minimum Gasteiger partial charge on any atom is -0.456 e. The molecule has 0 unspecified atom stereocenters. The number of nitriles is 1. The van der Waals surface area contributed by atoms with E-state index in [-0.39, 0.29) is 0 Å². The van der Waals surface area contributed by atoms with Gasteiger partial charge in [-0.25, -0.2) is 0 Å². The van der Waals surface area contributed by atoms with Gasteiger partial charge < -0.3 is 4.53 Å². The van der Waals surface area contributed by atoms with Crippen molar-refractivity contribution in [1.82, 2.24) is 0 Å². The SMILES string of the molecule is C[Si](C)(C)ON=Cc1ccc(C#N)cc1. The van der Waals surface area contributed by atoms with Crippen LogP contribution in [0.5, 0.6) is 0 Å². The standard InChI is InChI=1S/C11H14N2OSi/c1-15(2,3)14-13-9-11-6-4-10(8-12)5-7-11/h4-7,9H,1-3H3. The summed E-state index contributed by atoms with van der Waals surface area (Å²) in [5.74, 6) is 0. The maximum Gasteiger partial charge on any atom is 0.278 e. The number of benzene rings is 1. The second-order valence-corrected chi connectivity index (χ2v) is 8.58. The Labute approximate surface area is 91.1 Å². The highest BCUT2D eigenvalue weighted by molar-refractivity contribution is 6.69. The topological polar surface area (TPSA) is 45.4 Å². The quantitative estimate of drug-likeness (QED) is 0.445. The molecular formula is C11H14N2OSi. The Hall–Kier alpha value is -1.60. The van der Waals surface area contributed by atoms with Gasteiger partial charge in [-0.15, -0.1) is 5.16 Å². The lowest BCUT2D eigenvalue weighted by Crippen LogP contribution is -2.22. The van der Waals surface area contributed by atoms with Crippen LogP contribution in [0.1, 0.15) is 11.1 Å². The van der Waals surface area contributed by atoms with E-state index in [0.29, 0.717) is 5.56 Å². The summed E-state index contributed by atoms with van der Waals surface area (Å²) in [6.45, 7) is 6.22. The molecule has 0 bridgehead atoms. The van der Waals surface area contributed by atoms with E-state index < -0.39 is 8.32 Å². The molecule has 0 aliphatic carbocycles. The first-order valence-corrected chi connectivity index (χ1v) is 8.14. The second-order valence-electron chi connectivity index (χ2n) is 4.17. The molecule has 0 atom stereocenters. The van der Waals surface area contributed by atoms with E-state index in [2.05, 4.69) is 30.9 Å². The molecule has 0 amide bonds. The van der Waals surface area contributed by atoms with Gasteiger partial charge in [-0.3, -0.25) is 0 Å². The van der Waals surface area contributed by atoms with Gasteiger partial charge in [0.05, 0.1) is 17.8 Å². The summed E-state index contributed by atoms with van der Waals surface area (Å²) >= 11 is 0. The Morgan fingerprint density at radius 3 is 2.33 bits per heavy atom. The summed E-state index contributed by atoms with van der Waals surface area (Å²) in [6, 6.07) is 9.27. The first kappa shape index (κ1) is 11.5. The summed E-state index contributed by atoms with van der Waals surface area (Å²) in [5, 5.41) is 12.5. The van der Waals surface area contributed by atoms with Gasteiger partial charge in [-0.1, -0.05) is 12.1 Å². The summed E-state index contributed by atoms with van der Waals surface area (Å²) < 4.78 is 5.33. The molecule has 0 spiro atoms. The van der Waals surface area contributed by atoms with E-state index in [0.717, 1.165) is 5.56 Å². The van der Waals surface area contributed by atoms with E-state index >= 15 is 0 Å². The van der Waals surface area contributed by atoms with Gasteiger partial charge in [0.2, 0.25) is 0 Å². The zero-order chi connectivity index (χ0) is 11.3. The van der Waals surface area contributed by atoms with Crippen molar-refractivity contribution in [3.8, 4) is 6.07 Å². The summed E-state index contributed by atoms with van der Waals surface area (Å²) in [7, 11) is -1.58. The number of hydrogen-bond donors (Lipinski definition) is 0. The molecule has 0 aliphatic rings. The second kappa shape index (κ2) is 4.76. The molecular weight excluding hydrogens is 204 g/mol. The molecule has 0 aliphatic heterocycles. The van der Waals surface area contributed by atoms with Crippen molar-refractivity contribution in [2.45, 2.75) is 19.6 Å². The normalized spacial score (nSPS) is 11.3. The van der Waals surface area contributed by atoms with Crippen LogP contribution in [0.2, 0.25) is 19.6 Å². The predicted molar refractivity (Wildman–Crippen MR) is 63.2 cm³/mol. The lowest BCUT2D eigenvalue weighted by atomic mass is 10.2. The summed E-state index contributed by atoms with van der Waals surface area (Å²) in [5.41, 5.74) is 1.59. The Morgan fingerprint density at radius 1 is 1.27 bits per heavy atom.